The Bertz CT molecular complexity index is 466. The van der Waals surface area contributed by atoms with E-state index in [4.69, 9.17) is 0 Å². The first-order chi connectivity index (χ1) is 8.81. The normalized spacial score (nSPS) is 10.7. The fourth-order valence-corrected chi connectivity index (χ4v) is 1.44. The van der Waals surface area contributed by atoms with Crippen LogP contribution in [0.5, 0.6) is 0 Å². The van der Waals surface area contributed by atoms with Gasteiger partial charge >= 0.3 is 0 Å². The summed E-state index contributed by atoms with van der Waals surface area (Å²) in [4.78, 5) is 27.0. The van der Waals surface area contributed by atoms with E-state index in [9.17, 15) is 9.59 Å². The molecule has 3 N–H and O–H groups in total. The molecular formula is C13H20N4O2. The van der Waals surface area contributed by atoms with Gasteiger partial charge in [0.25, 0.3) is 5.91 Å². The molecule has 1 aromatic rings. The molecule has 0 fully saturated rings. The van der Waals surface area contributed by atoms with Gasteiger partial charge < -0.3 is 16.0 Å². The highest BCUT2D eigenvalue weighted by atomic mass is 16.2. The molecule has 0 unspecified atom stereocenters. The van der Waals surface area contributed by atoms with Crippen molar-refractivity contribution in [2.45, 2.75) is 26.3 Å². The van der Waals surface area contributed by atoms with Crippen LogP contribution in [0, 0.1) is 0 Å². The van der Waals surface area contributed by atoms with Crippen molar-refractivity contribution in [2.75, 3.05) is 18.9 Å². The summed E-state index contributed by atoms with van der Waals surface area (Å²) in [6.45, 7) is 5.90. The fourth-order valence-electron chi connectivity index (χ4n) is 1.44. The van der Waals surface area contributed by atoms with Gasteiger partial charge in [-0.3, -0.25) is 14.6 Å². The zero-order chi connectivity index (χ0) is 14.5. The number of nitrogens with one attached hydrogen (secondary N) is 3. The summed E-state index contributed by atoms with van der Waals surface area (Å²) in [6.07, 6.45) is 1.52. The maximum atomic E-state index is 11.6. The van der Waals surface area contributed by atoms with Crippen molar-refractivity contribution >= 4 is 17.5 Å². The number of carbonyl (C=O) groups is 2. The van der Waals surface area contributed by atoms with E-state index in [1.165, 1.54) is 6.20 Å². The highest BCUT2D eigenvalue weighted by Gasteiger charge is 2.13. The van der Waals surface area contributed by atoms with Gasteiger partial charge in [-0.25, -0.2) is 0 Å². The molecule has 0 saturated heterocycles. The molecule has 0 radical (unpaired) electrons. The Balaban J connectivity index is 2.59. The molecule has 1 heterocycles. The molecule has 0 aliphatic heterocycles. The number of aromatic nitrogens is 1. The summed E-state index contributed by atoms with van der Waals surface area (Å²) < 4.78 is 0. The van der Waals surface area contributed by atoms with E-state index in [2.05, 4.69) is 20.9 Å². The lowest BCUT2D eigenvalue weighted by Gasteiger charge is -2.20. The van der Waals surface area contributed by atoms with E-state index in [0.29, 0.717) is 11.4 Å². The van der Waals surface area contributed by atoms with Gasteiger partial charge in [-0.1, -0.05) is 0 Å². The third-order valence-corrected chi connectivity index (χ3v) is 2.19. The zero-order valence-corrected chi connectivity index (χ0v) is 11.7. The molecule has 19 heavy (non-hydrogen) atoms. The second kappa shape index (κ2) is 6.17. The molecule has 0 aromatic carbocycles. The Hall–Kier alpha value is -2.11. The predicted molar refractivity (Wildman–Crippen MR) is 74.0 cm³/mol. The first-order valence-electron chi connectivity index (χ1n) is 6.05. The third-order valence-electron chi connectivity index (χ3n) is 2.19. The minimum atomic E-state index is -0.261. The molecule has 6 heteroatoms. The number of pyridine rings is 1. The van der Waals surface area contributed by atoms with E-state index < -0.39 is 0 Å². The summed E-state index contributed by atoms with van der Waals surface area (Å²) in [7, 11) is 1.54. The van der Waals surface area contributed by atoms with Crippen LogP contribution in [0.25, 0.3) is 0 Å². The Labute approximate surface area is 113 Å². The molecule has 1 aromatic heterocycles. The summed E-state index contributed by atoms with van der Waals surface area (Å²) in [5.41, 5.74) is 0.728. The van der Waals surface area contributed by atoms with Crippen LogP contribution in [0.3, 0.4) is 0 Å². The number of anilines is 1. The maximum absolute atomic E-state index is 11.6. The van der Waals surface area contributed by atoms with Gasteiger partial charge in [0.05, 0.1) is 6.54 Å². The van der Waals surface area contributed by atoms with Crippen LogP contribution in [-0.2, 0) is 4.79 Å². The van der Waals surface area contributed by atoms with Crippen LogP contribution in [0.1, 0.15) is 31.3 Å². The number of rotatable bonds is 4. The quantitative estimate of drug-likeness (QED) is 0.750. The smallest absolute Gasteiger partial charge is 0.269 e. The van der Waals surface area contributed by atoms with Crippen molar-refractivity contribution in [2.24, 2.45) is 0 Å². The van der Waals surface area contributed by atoms with E-state index >= 15 is 0 Å². The topological polar surface area (TPSA) is 83.1 Å². The molecule has 2 amide bonds. The molecule has 0 aliphatic rings. The van der Waals surface area contributed by atoms with Crippen molar-refractivity contribution < 1.29 is 9.59 Å². The Morgan fingerprint density at radius 3 is 2.58 bits per heavy atom. The van der Waals surface area contributed by atoms with Crippen molar-refractivity contribution in [3.63, 3.8) is 0 Å². The minimum absolute atomic E-state index is 0.106. The van der Waals surface area contributed by atoms with Crippen molar-refractivity contribution in [1.29, 1.82) is 0 Å². The van der Waals surface area contributed by atoms with Gasteiger partial charge in [0.2, 0.25) is 5.91 Å². The molecule has 0 atom stereocenters. The number of nitrogens with zero attached hydrogens (tertiary/aromatic N) is 1. The van der Waals surface area contributed by atoms with Crippen molar-refractivity contribution in [3.8, 4) is 0 Å². The third kappa shape index (κ3) is 5.37. The lowest BCUT2D eigenvalue weighted by atomic mass is 10.1. The van der Waals surface area contributed by atoms with Gasteiger partial charge in [-0.2, -0.15) is 0 Å². The van der Waals surface area contributed by atoms with Gasteiger partial charge in [0.1, 0.15) is 5.69 Å². The van der Waals surface area contributed by atoms with Crippen LogP contribution in [0.15, 0.2) is 18.3 Å². The first kappa shape index (κ1) is 14.9. The molecular weight excluding hydrogens is 244 g/mol. The Kier molecular flexibility index (Phi) is 4.86. The second-order valence-corrected chi connectivity index (χ2v) is 5.16. The van der Waals surface area contributed by atoms with Crippen LogP contribution in [0.2, 0.25) is 0 Å². The number of hydrogen-bond acceptors (Lipinski definition) is 4. The first-order valence-corrected chi connectivity index (χ1v) is 6.05. The van der Waals surface area contributed by atoms with Crippen LogP contribution >= 0.6 is 0 Å². The highest BCUT2D eigenvalue weighted by molar-refractivity contribution is 5.93. The van der Waals surface area contributed by atoms with E-state index in [-0.39, 0.29) is 23.9 Å². The second-order valence-electron chi connectivity index (χ2n) is 5.16. The Morgan fingerprint density at radius 1 is 1.32 bits per heavy atom. The monoisotopic (exact) mass is 264 g/mol. The van der Waals surface area contributed by atoms with Crippen LogP contribution < -0.4 is 16.0 Å². The van der Waals surface area contributed by atoms with Crippen molar-refractivity contribution in [1.82, 2.24) is 15.6 Å². The van der Waals surface area contributed by atoms with Crippen LogP contribution in [0.4, 0.5) is 5.69 Å². The zero-order valence-electron chi connectivity index (χ0n) is 11.7. The number of carbonyl (C=O) groups excluding carboxylic acids is 2. The fraction of sp³-hybridized carbons (Fsp3) is 0.462. The summed E-state index contributed by atoms with van der Waals surface area (Å²) in [5.74, 6) is -0.367. The van der Waals surface area contributed by atoms with Gasteiger partial charge in [-0.05, 0) is 32.9 Å². The molecule has 104 valence electrons. The van der Waals surface area contributed by atoms with Crippen molar-refractivity contribution in [3.05, 3.63) is 24.0 Å². The van der Waals surface area contributed by atoms with Gasteiger partial charge in [0, 0.05) is 24.5 Å². The van der Waals surface area contributed by atoms with E-state index in [1.54, 1.807) is 19.2 Å². The molecule has 1 rings (SSSR count). The average Bonchev–Trinajstić information content (AvgIpc) is 2.34. The summed E-state index contributed by atoms with van der Waals surface area (Å²) in [6, 6.07) is 3.31. The van der Waals surface area contributed by atoms with E-state index in [1.807, 2.05) is 20.8 Å². The standard InChI is InChI=1S/C13H20N4O2/c1-13(2,3)17-11(18)8-16-9-5-6-15-10(7-9)12(19)14-4/h5-7H,8H2,1-4H3,(H,14,19)(H,15,16)(H,17,18). The lowest BCUT2D eigenvalue weighted by molar-refractivity contribution is -0.120. The molecule has 0 bridgehead atoms. The summed E-state index contributed by atoms with van der Waals surface area (Å²) >= 11 is 0. The van der Waals surface area contributed by atoms with Gasteiger partial charge in [0.15, 0.2) is 0 Å². The minimum Gasteiger partial charge on any atom is -0.376 e. The maximum Gasteiger partial charge on any atom is 0.269 e. The SMILES string of the molecule is CNC(=O)c1cc(NCC(=O)NC(C)(C)C)ccn1. The molecule has 0 saturated carbocycles. The number of hydrogen-bond donors (Lipinski definition) is 3. The lowest BCUT2D eigenvalue weighted by Crippen LogP contribution is -2.43. The molecule has 0 spiro atoms. The van der Waals surface area contributed by atoms with Crippen LogP contribution in [-0.4, -0.2) is 35.9 Å². The molecule has 6 nitrogen and oxygen atoms in total. The highest BCUT2D eigenvalue weighted by Crippen LogP contribution is 2.07. The average molecular weight is 264 g/mol. The summed E-state index contributed by atoms with van der Waals surface area (Å²) in [5, 5.41) is 8.29. The number of amides is 2. The van der Waals surface area contributed by atoms with Gasteiger partial charge in [-0.15, -0.1) is 0 Å². The van der Waals surface area contributed by atoms with E-state index in [0.717, 1.165) is 0 Å². The molecule has 0 aliphatic carbocycles. The Morgan fingerprint density at radius 2 is 2.00 bits per heavy atom. The largest absolute Gasteiger partial charge is 0.376 e. The predicted octanol–water partition coefficient (Wildman–Crippen LogP) is 0.768.